The van der Waals surface area contributed by atoms with Gasteiger partial charge >= 0.3 is 6.18 Å². The molecule has 0 aliphatic carbocycles. The van der Waals surface area contributed by atoms with Crippen LogP contribution in [0.15, 0.2) is 48.5 Å². The van der Waals surface area contributed by atoms with Gasteiger partial charge in [-0.2, -0.15) is 18.2 Å². The molecule has 1 aliphatic heterocycles. The number of hydrogen-bond donors (Lipinski definition) is 1. The molecule has 1 heterocycles. The highest BCUT2D eigenvalue weighted by atomic mass is 32.2. The number of sulfonamides is 1. The zero-order valence-electron chi connectivity index (χ0n) is 16.8. The average molecular weight is 443 g/mol. The number of halogens is 3. The van der Waals surface area contributed by atoms with Gasteiger partial charge in [0.1, 0.15) is 5.25 Å². The number of benzene rings is 2. The van der Waals surface area contributed by atoms with Gasteiger partial charge in [-0.1, -0.05) is 30.3 Å². The van der Waals surface area contributed by atoms with Gasteiger partial charge in [-0.3, -0.25) is 4.84 Å². The fourth-order valence-electron chi connectivity index (χ4n) is 3.40. The summed E-state index contributed by atoms with van der Waals surface area (Å²) in [6, 6.07) is 11.5. The van der Waals surface area contributed by atoms with Crippen LogP contribution in [0, 0.1) is 0 Å². The van der Waals surface area contributed by atoms with Crippen LogP contribution in [-0.2, 0) is 27.6 Å². The van der Waals surface area contributed by atoms with Crippen molar-refractivity contribution in [2.75, 3.05) is 32.6 Å². The summed E-state index contributed by atoms with van der Waals surface area (Å²) in [7, 11) is 1.60. The number of anilines is 1. The first-order valence-electron chi connectivity index (χ1n) is 9.26. The molecule has 2 aromatic rings. The van der Waals surface area contributed by atoms with E-state index >= 15 is 0 Å². The van der Waals surface area contributed by atoms with E-state index in [4.69, 9.17) is 4.84 Å². The van der Waals surface area contributed by atoms with Gasteiger partial charge < -0.3 is 4.90 Å². The summed E-state index contributed by atoms with van der Waals surface area (Å²) in [6.07, 6.45) is -4.49. The van der Waals surface area contributed by atoms with Crippen molar-refractivity contribution >= 4 is 15.7 Å². The van der Waals surface area contributed by atoms with Crippen LogP contribution in [0.5, 0.6) is 0 Å². The van der Waals surface area contributed by atoms with Crippen LogP contribution in [0.25, 0.3) is 0 Å². The molecule has 1 saturated heterocycles. The minimum atomic E-state index is -4.49. The second kappa shape index (κ2) is 8.54. The molecule has 3 rings (SSSR count). The zero-order valence-corrected chi connectivity index (χ0v) is 17.7. The van der Waals surface area contributed by atoms with Gasteiger partial charge in [0.15, 0.2) is 0 Å². The Labute approximate surface area is 174 Å². The van der Waals surface area contributed by atoms with Gasteiger partial charge in [-0.15, -0.1) is 0 Å². The Morgan fingerprint density at radius 3 is 2.43 bits per heavy atom. The molecule has 0 bridgehead atoms. The topological polar surface area (TPSA) is 61.9 Å². The fourth-order valence-corrected chi connectivity index (χ4v) is 4.89. The van der Waals surface area contributed by atoms with E-state index in [2.05, 4.69) is 4.72 Å². The lowest BCUT2D eigenvalue weighted by Gasteiger charge is -2.24. The Kier molecular flexibility index (Phi) is 6.42. The number of hydrogen-bond acceptors (Lipinski definition) is 5. The third-order valence-electron chi connectivity index (χ3n) is 5.07. The average Bonchev–Trinajstić information content (AvgIpc) is 3.08. The monoisotopic (exact) mass is 443 g/mol. The fraction of sp³-hybridized carbons (Fsp3) is 0.400. The molecule has 1 N–H and O–H groups in total. The second-order valence-electron chi connectivity index (χ2n) is 7.38. The van der Waals surface area contributed by atoms with Crippen molar-refractivity contribution in [1.29, 1.82) is 0 Å². The van der Waals surface area contributed by atoms with Crippen LogP contribution in [0.3, 0.4) is 0 Å². The second-order valence-corrected chi connectivity index (χ2v) is 9.36. The lowest BCUT2D eigenvalue weighted by molar-refractivity contribution is -0.137. The maximum Gasteiger partial charge on any atom is 0.416 e. The van der Waals surface area contributed by atoms with E-state index in [1.54, 1.807) is 7.05 Å². The molecule has 0 saturated carbocycles. The number of nitrogens with zero attached hydrogens (tertiary/aromatic N) is 2. The van der Waals surface area contributed by atoms with E-state index in [9.17, 15) is 21.6 Å². The largest absolute Gasteiger partial charge is 0.416 e. The van der Waals surface area contributed by atoms with Crippen LogP contribution in [0.1, 0.15) is 22.7 Å². The van der Waals surface area contributed by atoms with Crippen molar-refractivity contribution in [3.8, 4) is 0 Å². The SMILES string of the molecule is CN(C)c1ccc([C@H]2[C@H](S(=O)(=O)NCc3cccc(C(F)(F)F)c3)CON2C)cc1. The maximum atomic E-state index is 12.9. The molecular formula is C20H24F3N3O3S. The summed E-state index contributed by atoms with van der Waals surface area (Å²) in [5.41, 5.74) is 1.16. The predicted molar refractivity (Wildman–Crippen MR) is 108 cm³/mol. The third-order valence-corrected chi connectivity index (χ3v) is 6.81. The molecule has 0 radical (unpaired) electrons. The lowest BCUT2D eigenvalue weighted by Crippen LogP contribution is -2.39. The predicted octanol–water partition coefficient (Wildman–Crippen LogP) is 3.18. The lowest BCUT2D eigenvalue weighted by atomic mass is 10.0. The summed E-state index contributed by atoms with van der Waals surface area (Å²) in [4.78, 5) is 7.40. The van der Waals surface area contributed by atoms with Crippen LogP contribution < -0.4 is 9.62 Å². The highest BCUT2D eigenvalue weighted by Gasteiger charge is 2.43. The molecule has 10 heteroatoms. The minimum Gasteiger partial charge on any atom is -0.378 e. The molecule has 6 nitrogen and oxygen atoms in total. The van der Waals surface area contributed by atoms with Crippen LogP contribution >= 0.6 is 0 Å². The highest BCUT2D eigenvalue weighted by molar-refractivity contribution is 7.90. The van der Waals surface area contributed by atoms with E-state index in [0.717, 1.165) is 23.4 Å². The van der Waals surface area contributed by atoms with Gasteiger partial charge in [-0.05, 0) is 29.3 Å². The third kappa shape index (κ3) is 4.94. The Hall–Kier alpha value is -2.14. The smallest absolute Gasteiger partial charge is 0.378 e. The van der Waals surface area contributed by atoms with E-state index in [1.165, 1.54) is 17.2 Å². The molecule has 30 heavy (non-hydrogen) atoms. The van der Waals surface area contributed by atoms with E-state index < -0.39 is 33.1 Å². The first kappa shape index (κ1) is 22.5. The van der Waals surface area contributed by atoms with Gasteiger partial charge in [-0.25, -0.2) is 13.1 Å². The van der Waals surface area contributed by atoms with E-state index in [0.29, 0.717) is 0 Å². The van der Waals surface area contributed by atoms with Crippen molar-refractivity contribution in [2.45, 2.75) is 24.0 Å². The van der Waals surface area contributed by atoms with Crippen LogP contribution in [-0.4, -0.2) is 46.5 Å². The van der Waals surface area contributed by atoms with Gasteiger partial charge in [0.25, 0.3) is 0 Å². The summed E-state index contributed by atoms with van der Waals surface area (Å²) in [5, 5.41) is 0.595. The van der Waals surface area contributed by atoms with Crippen molar-refractivity contribution in [1.82, 2.24) is 9.79 Å². The summed E-state index contributed by atoms with van der Waals surface area (Å²) in [6.45, 7) is -0.284. The molecule has 0 aromatic heterocycles. The summed E-state index contributed by atoms with van der Waals surface area (Å²) < 4.78 is 67.0. The van der Waals surface area contributed by atoms with E-state index in [1.807, 2.05) is 43.3 Å². The quantitative estimate of drug-likeness (QED) is 0.743. The van der Waals surface area contributed by atoms with Gasteiger partial charge in [0.05, 0.1) is 18.2 Å². The van der Waals surface area contributed by atoms with Crippen LogP contribution in [0.2, 0.25) is 0 Å². The Morgan fingerprint density at radius 1 is 1.17 bits per heavy atom. The van der Waals surface area contributed by atoms with Crippen molar-refractivity contribution in [2.24, 2.45) is 0 Å². The number of rotatable bonds is 6. The molecule has 164 valence electrons. The molecule has 0 unspecified atom stereocenters. The maximum absolute atomic E-state index is 12.9. The first-order chi connectivity index (χ1) is 14.0. The minimum absolute atomic E-state index is 0.0471. The molecule has 0 spiro atoms. The Balaban J connectivity index is 1.77. The molecule has 2 aromatic carbocycles. The molecular weight excluding hydrogens is 419 g/mol. The van der Waals surface area contributed by atoms with E-state index in [-0.39, 0.29) is 18.7 Å². The highest BCUT2D eigenvalue weighted by Crippen LogP contribution is 2.34. The van der Waals surface area contributed by atoms with Crippen molar-refractivity contribution in [3.63, 3.8) is 0 Å². The molecule has 0 amide bonds. The number of nitrogens with one attached hydrogen (secondary N) is 1. The number of hydroxylamine groups is 2. The summed E-state index contributed by atoms with van der Waals surface area (Å²) in [5.74, 6) is 0. The van der Waals surface area contributed by atoms with Crippen LogP contribution in [0.4, 0.5) is 18.9 Å². The van der Waals surface area contributed by atoms with Crippen molar-refractivity contribution < 1.29 is 26.4 Å². The molecule has 1 aliphatic rings. The standard InChI is InChI=1S/C20H24F3N3O3S/c1-25(2)17-9-7-15(8-10-17)19-18(13-29-26(19)3)30(27,28)24-12-14-5-4-6-16(11-14)20(21,22)23/h4-11,18-19,24H,12-13H2,1-3H3/t18-,19+/m1/s1. The summed E-state index contributed by atoms with van der Waals surface area (Å²) >= 11 is 0. The van der Waals surface area contributed by atoms with Gasteiger partial charge in [0.2, 0.25) is 10.0 Å². The first-order valence-corrected chi connectivity index (χ1v) is 10.8. The zero-order chi connectivity index (χ0) is 22.1. The molecule has 2 atom stereocenters. The van der Waals surface area contributed by atoms with Crippen molar-refractivity contribution in [3.05, 3.63) is 65.2 Å². The normalized spacial score (nSPS) is 20.5. The Morgan fingerprint density at radius 2 is 1.83 bits per heavy atom. The molecule has 1 fully saturated rings. The van der Waals surface area contributed by atoms with Gasteiger partial charge in [0, 0.05) is 33.4 Å². The Bertz CT molecular complexity index is 979. The number of alkyl halides is 3.